The number of rotatable bonds is 22. The van der Waals surface area contributed by atoms with Gasteiger partial charge in [0.25, 0.3) is 0 Å². The monoisotopic (exact) mass is 1140 g/mol. The predicted molar refractivity (Wildman–Crippen MR) is 356 cm³/mol. The van der Waals surface area contributed by atoms with Gasteiger partial charge < -0.3 is 18.9 Å². The Balaban J connectivity index is 0.855. The van der Waals surface area contributed by atoms with Gasteiger partial charge in [-0.15, -0.1) is 0 Å². The third-order valence-corrected chi connectivity index (χ3v) is 16.3. The zero-order valence-electron chi connectivity index (χ0n) is 48.7. The average molecular weight is 1140 g/mol. The standard InChI is InChI=1S/C84H66O4/c1-9-25-67(26-10-1)81(68-27-11-2-12-28-68)85-75-53-45-63(46-54-75)79(64-47-55-76(56-48-64)86-82(69-29-13-3-14-30-69)70-31-15-4-16-32-70)61-41-43-62(44-42-61)80(65-49-57-77(58-50-65)87-83(71-33-17-5-18-34-71)72-35-19-6-20-36-72)66-51-59-78(60-52-66)88-84(73-37-21-7-22-38-73)74-39-23-8-24-40-74/h1-60,79-84H. The fraction of sp³-hybridized carbons (Fsp3) is 0.0714. The van der Waals surface area contributed by atoms with Crippen LogP contribution >= 0.6 is 0 Å². The van der Waals surface area contributed by atoms with E-state index in [-0.39, 0.29) is 36.3 Å². The van der Waals surface area contributed by atoms with E-state index in [4.69, 9.17) is 18.9 Å². The van der Waals surface area contributed by atoms with Crippen LogP contribution in [0.5, 0.6) is 23.0 Å². The molecule has 0 aliphatic carbocycles. The van der Waals surface area contributed by atoms with Crippen LogP contribution in [0, 0.1) is 0 Å². The number of hydrogen-bond acceptors (Lipinski definition) is 4. The molecule has 0 spiro atoms. The van der Waals surface area contributed by atoms with E-state index in [1.807, 2.05) is 48.5 Å². The van der Waals surface area contributed by atoms with Crippen molar-refractivity contribution in [1.82, 2.24) is 0 Å². The van der Waals surface area contributed by atoms with E-state index in [2.05, 4.69) is 315 Å². The topological polar surface area (TPSA) is 36.9 Å². The molecule has 0 N–H and O–H groups in total. The zero-order valence-corrected chi connectivity index (χ0v) is 48.7. The maximum atomic E-state index is 6.89. The Hall–Kier alpha value is -10.9. The van der Waals surface area contributed by atoms with E-state index in [0.29, 0.717) is 0 Å². The van der Waals surface area contributed by atoms with Gasteiger partial charge in [0.2, 0.25) is 0 Å². The van der Waals surface area contributed by atoms with Gasteiger partial charge in [0, 0.05) is 11.8 Å². The van der Waals surface area contributed by atoms with Crippen LogP contribution in [0.25, 0.3) is 0 Å². The summed E-state index contributed by atoms with van der Waals surface area (Å²) in [7, 11) is 0. The number of benzene rings is 13. The minimum absolute atomic E-state index is 0.133. The van der Waals surface area contributed by atoms with Gasteiger partial charge in [0.15, 0.2) is 0 Å². The van der Waals surface area contributed by atoms with E-state index >= 15 is 0 Å². The molecule has 0 heterocycles. The summed E-state index contributed by atoms with van der Waals surface area (Å²) in [6.45, 7) is 0. The molecule has 0 aliphatic rings. The molecule has 0 saturated heterocycles. The third-order valence-electron chi connectivity index (χ3n) is 16.3. The Morgan fingerprint density at radius 1 is 0.125 bits per heavy atom. The van der Waals surface area contributed by atoms with Crippen molar-refractivity contribution in [2.45, 2.75) is 36.3 Å². The Morgan fingerprint density at radius 3 is 0.386 bits per heavy atom. The largest absolute Gasteiger partial charge is 0.481 e. The molecule has 0 unspecified atom stereocenters. The van der Waals surface area contributed by atoms with Crippen LogP contribution in [0.1, 0.15) is 114 Å². The quantitative estimate of drug-likeness (QED) is 0.0634. The highest BCUT2D eigenvalue weighted by Gasteiger charge is 2.25. The Bertz CT molecular complexity index is 3500. The summed E-state index contributed by atoms with van der Waals surface area (Å²) in [6.07, 6.45) is -1.11. The summed E-state index contributed by atoms with van der Waals surface area (Å²) < 4.78 is 27.5. The molecule has 0 atom stereocenters. The fourth-order valence-corrected chi connectivity index (χ4v) is 11.9. The highest BCUT2D eigenvalue weighted by atomic mass is 16.5. The second-order valence-electron chi connectivity index (χ2n) is 22.1. The summed E-state index contributed by atoms with van der Waals surface area (Å²) in [5.41, 5.74) is 15.5. The van der Waals surface area contributed by atoms with Gasteiger partial charge in [-0.3, -0.25) is 0 Å². The Labute approximate surface area is 517 Å². The van der Waals surface area contributed by atoms with E-state index in [0.717, 1.165) is 101 Å². The normalized spacial score (nSPS) is 11.3. The van der Waals surface area contributed by atoms with Crippen molar-refractivity contribution in [3.63, 3.8) is 0 Å². The second-order valence-corrected chi connectivity index (χ2v) is 22.1. The summed E-state index contributed by atoms with van der Waals surface area (Å²) in [4.78, 5) is 0. The smallest absolute Gasteiger partial charge is 0.149 e. The third kappa shape index (κ3) is 13.4. The van der Waals surface area contributed by atoms with Gasteiger partial charge in [-0.25, -0.2) is 0 Å². The molecular weight excluding hydrogens is 1070 g/mol. The summed E-state index contributed by atoms with van der Waals surface area (Å²) in [5, 5.41) is 0. The first kappa shape index (κ1) is 56.2. The zero-order chi connectivity index (χ0) is 59.1. The lowest BCUT2D eigenvalue weighted by atomic mass is 9.81. The van der Waals surface area contributed by atoms with Crippen LogP contribution in [0.2, 0.25) is 0 Å². The maximum absolute atomic E-state index is 6.89. The minimum atomic E-state index is -0.277. The second kappa shape index (κ2) is 27.4. The molecular formula is C84H66O4. The van der Waals surface area contributed by atoms with Crippen LogP contribution in [-0.2, 0) is 0 Å². The van der Waals surface area contributed by atoms with Crippen LogP contribution < -0.4 is 18.9 Å². The van der Waals surface area contributed by atoms with Gasteiger partial charge in [-0.05, 0) is 126 Å². The van der Waals surface area contributed by atoms with Crippen LogP contribution in [0.3, 0.4) is 0 Å². The van der Waals surface area contributed by atoms with Gasteiger partial charge in [-0.2, -0.15) is 0 Å². The Kier molecular flexibility index (Phi) is 17.5. The molecule has 0 fully saturated rings. The first-order valence-electron chi connectivity index (χ1n) is 30.2. The van der Waals surface area contributed by atoms with Crippen molar-refractivity contribution in [3.05, 3.63) is 442 Å². The van der Waals surface area contributed by atoms with Crippen molar-refractivity contribution in [2.75, 3.05) is 0 Å². The molecule has 88 heavy (non-hydrogen) atoms. The molecule has 0 amide bonds. The molecule has 13 aromatic rings. The van der Waals surface area contributed by atoms with E-state index in [9.17, 15) is 0 Å². The lowest BCUT2D eigenvalue weighted by Crippen LogP contribution is -2.10. The van der Waals surface area contributed by atoms with Crippen LogP contribution in [-0.4, -0.2) is 0 Å². The lowest BCUT2D eigenvalue weighted by Gasteiger charge is -2.25. The van der Waals surface area contributed by atoms with E-state index < -0.39 is 0 Å². The lowest BCUT2D eigenvalue weighted by molar-refractivity contribution is 0.247. The predicted octanol–water partition coefficient (Wildman–Crippen LogP) is 20.7. The van der Waals surface area contributed by atoms with Crippen molar-refractivity contribution in [2.24, 2.45) is 0 Å². The van der Waals surface area contributed by atoms with Crippen molar-refractivity contribution >= 4 is 0 Å². The van der Waals surface area contributed by atoms with Crippen molar-refractivity contribution < 1.29 is 18.9 Å². The van der Waals surface area contributed by atoms with Gasteiger partial charge in [0.1, 0.15) is 47.4 Å². The SMILES string of the molecule is c1ccc(C(Oc2ccc(C(c3ccc(OC(c4ccccc4)c4ccccc4)cc3)c3ccc(C(c4ccc(OC(c5ccccc5)c5ccccc5)cc4)c4ccc(OC(c5ccccc5)c5ccccc5)cc4)cc3)cc2)c2ccccc2)cc1. The van der Waals surface area contributed by atoms with Crippen molar-refractivity contribution in [3.8, 4) is 23.0 Å². The summed E-state index contributed by atoms with van der Waals surface area (Å²) in [6, 6.07) is 127. The molecule has 4 nitrogen and oxygen atoms in total. The molecule has 13 rings (SSSR count). The van der Waals surface area contributed by atoms with Gasteiger partial charge in [-0.1, -0.05) is 315 Å². The Morgan fingerprint density at radius 2 is 0.250 bits per heavy atom. The molecule has 0 saturated carbocycles. The van der Waals surface area contributed by atoms with E-state index in [1.165, 1.54) is 0 Å². The van der Waals surface area contributed by atoms with Crippen LogP contribution in [0.4, 0.5) is 0 Å². The maximum Gasteiger partial charge on any atom is 0.149 e. The van der Waals surface area contributed by atoms with Gasteiger partial charge >= 0.3 is 0 Å². The first-order valence-corrected chi connectivity index (χ1v) is 30.2. The van der Waals surface area contributed by atoms with Crippen LogP contribution in [0.15, 0.2) is 364 Å². The number of ether oxygens (including phenoxy) is 4. The van der Waals surface area contributed by atoms with Gasteiger partial charge in [0.05, 0.1) is 0 Å². The number of hydrogen-bond donors (Lipinski definition) is 0. The molecule has 0 bridgehead atoms. The first-order chi connectivity index (χ1) is 43.6. The molecule has 13 aromatic carbocycles. The molecule has 4 heteroatoms. The highest BCUT2D eigenvalue weighted by Crippen LogP contribution is 2.41. The van der Waals surface area contributed by atoms with E-state index in [1.54, 1.807) is 0 Å². The minimum Gasteiger partial charge on any atom is -0.481 e. The average Bonchev–Trinajstić information content (AvgIpc) is 2.76. The molecule has 0 aliphatic heterocycles. The molecule has 426 valence electrons. The summed E-state index contributed by atoms with van der Waals surface area (Å²) in [5.74, 6) is 2.88. The fourth-order valence-electron chi connectivity index (χ4n) is 11.9. The molecule has 0 radical (unpaired) electrons. The van der Waals surface area contributed by atoms with Crippen molar-refractivity contribution in [1.29, 1.82) is 0 Å². The summed E-state index contributed by atoms with van der Waals surface area (Å²) >= 11 is 0. The molecule has 0 aromatic heterocycles. The highest BCUT2D eigenvalue weighted by molar-refractivity contribution is 5.51.